The van der Waals surface area contributed by atoms with Gasteiger partial charge in [-0.2, -0.15) is 13.2 Å². The summed E-state index contributed by atoms with van der Waals surface area (Å²) in [5.41, 5.74) is -1.36. The first kappa shape index (κ1) is 12.9. The fraction of sp³-hybridized carbons (Fsp3) is 0.417. The number of ether oxygens (including phenoxy) is 1. The average Bonchev–Trinajstić information content (AvgIpc) is 2.65. The van der Waals surface area contributed by atoms with Gasteiger partial charge in [-0.3, -0.25) is 4.79 Å². The Morgan fingerprint density at radius 2 is 2.00 bits per heavy atom. The van der Waals surface area contributed by atoms with E-state index in [1.165, 1.54) is 0 Å². The molecule has 2 rings (SSSR count). The number of alkyl halides is 3. The summed E-state index contributed by atoms with van der Waals surface area (Å²) in [6.07, 6.45) is -4.12. The molecule has 0 saturated heterocycles. The number of Topliss-reactive ketones (excluding diaryl/α,β-unsaturated/α-hetero) is 1. The molecule has 1 aliphatic carbocycles. The molecule has 0 N–H and O–H groups in total. The van der Waals surface area contributed by atoms with Crippen molar-refractivity contribution in [3.8, 4) is 5.75 Å². The van der Waals surface area contributed by atoms with Crippen molar-refractivity contribution in [1.29, 1.82) is 0 Å². The van der Waals surface area contributed by atoms with Crippen molar-refractivity contribution >= 4 is 5.78 Å². The van der Waals surface area contributed by atoms with Crippen LogP contribution < -0.4 is 4.74 Å². The number of ketones is 1. The molecule has 0 spiro atoms. The maximum atomic E-state index is 13.0. The largest absolute Gasteiger partial charge is 0.490 e. The van der Waals surface area contributed by atoms with Crippen LogP contribution in [0.2, 0.25) is 0 Å². The van der Waals surface area contributed by atoms with E-state index in [0.29, 0.717) is 18.9 Å². The molecule has 0 heterocycles. The molecule has 1 aromatic carbocycles. The van der Waals surface area contributed by atoms with Crippen LogP contribution in [-0.4, -0.2) is 11.9 Å². The molecule has 0 bridgehead atoms. The SMILES string of the molecule is O=C1CCC(Oc2ccc(F)c(C(F)(F)F)c2)C1. The first-order chi connectivity index (χ1) is 8.36. The van der Waals surface area contributed by atoms with E-state index < -0.39 is 23.7 Å². The second-order valence-corrected chi connectivity index (χ2v) is 4.16. The van der Waals surface area contributed by atoms with Crippen molar-refractivity contribution < 1.29 is 27.1 Å². The van der Waals surface area contributed by atoms with E-state index in [1.54, 1.807) is 0 Å². The number of halogens is 4. The molecule has 0 aliphatic heterocycles. The Balaban J connectivity index is 2.17. The summed E-state index contributed by atoms with van der Waals surface area (Å²) in [6.45, 7) is 0. The number of rotatable bonds is 2. The summed E-state index contributed by atoms with van der Waals surface area (Å²) in [4.78, 5) is 11.0. The van der Waals surface area contributed by atoms with Gasteiger partial charge >= 0.3 is 6.18 Å². The molecule has 1 aromatic rings. The lowest BCUT2D eigenvalue weighted by atomic mass is 10.2. The van der Waals surface area contributed by atoms with Crippen LogP contribution in [-0.2, 0) is 11.0 Å². The van der Waals surface area contributed by atoms with Crippen molar-refractivity contribution in [3.63, 3.8) is 0 Å². The Morgan fingerprint density at radius 3 is 2.56 bits per heavy atom. The monoisotopic (exact) mass is 262 g/mol. The molecule has 1 atom stereocenters. The summed E-state index contributed by atoms with van der Waals surface area (Å²) in [7, 11) is 0. The zero-order chi connectivity index (χ0) is 13.3. The van der Waals surface area contributed by atoms with Crippen LogP contribution in [0.1, 0.15) is 24.8 Å². The van der Waals surface area contributed by atoms with Gasteiger partial charge in [0.25, 0.3) is 0 Å². The second-order valence-electron chi connectivity index (χ2n) is 4.16. The van der Waals surface area contributed by atoms with Crippen LogP contribution in [0.15, 0.2) is 18.2 Å². The minimum Gasteiger partial charge on any atom is -0.490 e. The Hall–Kier alpha value is -1.59. The quantitative estimate of drug-likeness (QED) is 0.764. The molecule has 6 heteroatoms. The van der Waals surface area contributed by atoms with Gasteiger partial charge in [0.2, 0.25) is 0 Å². The lowest BCUT2D eigenvalue weighted by Gasteiger charge is -2.14. The van der Waals surface area contributed by atoms with Gasteiger partial charge in [-0.1, -0.05) is 0 Å². The molecule has 1 fully saturated rings. The van der Waals surface area contributed by atoms with E-state index in [4.69, 9.17) is 4.74 Å². The minimum atomic E-state index is -4.76. The smallest absolute Gasteiger partial charge is 0.419 e. The minimum absolute atomic E-state index is 0.0261. The zero-order valence-electron chi connectivity index (χ0n) is 9.26. The van der Waals surface area contributed by atoms with Crippen LogP contribution in [0.3, 0.4) is 0 Å². The van der Waals surface area contributed by atoms with Gasteiger partial charge in [-0.15, -0.1) is 0 Å². The molecule has 0 amide bonds. The van der Waals surface area contributed by atoms with Crippen LogP contribution in [0.25, 0.3) is 0 Å². The van der Waals surface area contributed by atoms with Gasteiger partial charge in [0.1, 0.15) is 23.5 Å². The van der Waals surface area contributed by atoms with E-state index in [0.717, 1.165) is 12.1 Å². The van der Waals surface area contributed by atoms with Gasteiger partial charge < -0.3 is 4.74 Å². The molecule has 2 nitrogen and oxygen atoms in total. The van der Waals surface area contributed by atoms with E-state index in [9.17, 15) is 22.4 Å². The normalized spacial score (nSPS) is 20.2. The predicted molar refractivity (Wildman–Crippen MR) is 54.7 cm³/mol. The molecule has 1 unspecified atom stereocenters. The van der Waals surface area contributed by atoms with Crippen molar-refractivity contribution in [3.05, 3.63) is 29.6 Å². The lowest BCUT2D eigenvalue weighted by molar-refractivity contribution is -0.140. The van der Waals surface area contributed by atoms with Crippen LogP contribution in [0, 0.1) is 5.82 Å². The van der Waals surface area contributed by atoms with E-state index in [-0.39, 0.29) is 18.0 Å². The third-order valence-corrected chi connectivity index (χ3v) is 2.75. The molecular formula is C12H10F4O2. The van der Waals surface area contributed by atoms with Crippen LogP contribution in [0.5, 0.6) is 5.75 Å². The number of benzene rings is 1. The van der Waals surface area contributed by atoms with Gasteiger partial charge in [-0.05, 0) is 24.6 Å². The van der Waals surface area contributed by atoms with E-state index in [2.05, 4.69) is 0 Å². The number of carbonyl (C=O) groups is 1. The molecule has 1 aliphatic rings. The third-order valence-electron chi connectivity index (χ3n) is 2.75. The summed E-state index contributed by atoms with van der Waals surface area (Å²) in [5.74, 6) is -1.38. The molecule has 1 saturated carbocycles. The third kappa shape index (κ3) is 2.80. The first-order valence-corrected chi connectivity index (χ1v) is 5.41. The number of carbonyl (C=O) groups excluding carboxylic acids is 1. The highest BCUT2D eigenvalue weighted by molar-refractivity contribution is 5.81. The maximum absolute atomic E-state index is 13.0. The molecule has 18 heavy (non-hydrogen) atoms. The summed E-state index contributed by atoms with van der Waals surface area (Å²) < 4.78 is 55.6. The molecule has 0 radical (unpaired) electrons. The second kappa shape index (κ2) is 4.59. The predicted octanol–water partition coefficient (Wildman–Crippen LogP) is 3.34. The lowest BCUT2D eigenvalue weighted by Crippen LogP contribution is -2.14. The zero-order valence-corrected chi connectivity index (χ0v) is 9.26. The Labute approximate surface area is 101 Å². The fourth-order valence-corrected chi connectivity index (χ4v) is 1.87. The maximum Gasteiger partial charge on any atom is 0.419 e. The highest BCUT2D eigenvalue weighted by Crippen LogP contribution is 2.34. The van der Waals surface area contributed by atoms with Gasteiger partial charge in [0, 0.05) is 12.8 Å². The van der Waals surface area contributed by atoms with Crippen LogP contribution in [0.4, 0.5) is 17.6 Å². The van der Waals surface area contributed by atoms with Crippen LogP contribution >= 0.6 is 0 Å². The Morgan fingerprint density at radius 1 is 1.28 bits per heavy atom. The number of hydrogen-bond donors (Lipinski definition) is 0. The summed E-state index contributed by atoms with van der Waals surface area (Å²) in [6, 6.07) is 2.47. The summed E-state index contributed by atoms with van der Waals surface area (Å²) in [5, 5.41) is 0. The Bertz CT molecular complexity index is 468. The molecular weight excluding hydrogens is 252 g/mol. The average molecular weight is 262 g/mol. The molecule has 0 aromatic heterocycles. The van der Waals surface area contributed by atoms with Gasteiger partial charge in [-0.25, -0.2) is 4.39 Å². The summed E-state index contributed by atoms with van der Waals surface area (Å²) >= 11 is 0. The van der Waals surface area contributed by atoms with E-state index in [1.807, 2.05) is 0 Å². The van der Waals surface area contributed by atoms with Crippen molar-refractivity contribution in [2.24, 2.45) is 0 Å². The first-order valence-electron chi connectivity index (χ1n) is 5.41. The number of hydrogen-bond acceptors (Lipinski definition) is 2. The fourth-order valence-electron chi connectivity index (χ4n) is 1.87. The van der Waals surface area contributed by atoms with Gasteiger partial charge in [0.05, 0.1) is 5.56 Å². The van der Waals surface area contributed by atoms with Crippen molar-refractivity contribution in [1.82, 2.24) is 0 Å². The molecule has 98 valence electrons. The highest BCUT2D eigenvalue weighted by Gasteiger charge is 2.34. The van der Waals surface area contributed by atoms with E-state index >= 15 is 0 Å². The Kier molecular flexibility index (Phi) is 3.28. The van der Waals surface area contributed by atoms with Gasteiger partial charge in [0.15, 0.2) is 0 Å². The topological polar surface area (TPSA) is 26.3 Å². The van der Waals surface area contributed by atoms with Crippen molar-refractivity contribution in [2.45, 2.75) is 31.5 Å². The standard InChI is InChI=1S/C12H10F4O2/c13-11-4-3-9(6-10(11)12(14,15)16)18-8-2-1-7(17)5-8/h3-4,6,8H,1-2,5H2. The van der Waals surface area contributed by atoms with Crippen molar-refractivity contribution in [2.75, 3.05) is 0 Å². The highest BCUT2D eigenvalue weighted by atomic mass is 19.4.